The van der Waals surface area contributed by atoms with Crippen LogP contribution in [0.2, 0.25) is 0 Å². The van der Waals surface area contributed by atoms with E-state index in [9.17, 15) is 9.59 Å². The van der Waals surface area contributed by atoms with Gasteiger partial charge in [0.1, 0.15) is 6.04 Å². The zero-order chi connectivity index (χ0) is 11.7. The van der Waals surface area contributed by atoms with Crippen LogP contribution in [0.25, 0.3) is 0 Å². The molecule has 7 heteroatoms. The Bertz CT molecular complexity index is 428. The van der Waals surface area contributed by atoms with Crippen LogP contribution in [0.15, 0.2) is 4.52 Å². The number of carboxylic acids is 1. The minimum absolute atomic E-state index is 0.0781. The van der Waals surface area contributed by atoms with E-state index in [4.69, 9.17) is 5.11 Å². The average Bonchev–Trinajstić information content (AvgIpc) is 2.84. The number of aromatic nitrogens is 2. The lowest BCUT2D eigenvalue weighted by molar-refractivity contribution is -0.141. The molecule has 0 aliphatic carbocycles. The molecule has 0 aromatic carbocycles. The first-order valence-corrected chi connectivity index (χ1v) is 4.93. The van der Waals surface area contributed by atoms with E-state index < -0.39 is 17.9 Å². The van der Waals surface area contributed by atoms with Gasteiger partial charge in [0, 0.05) is 13.5 Å². The number of hydrogen-bond donors (Lipinski definition) is 1. The van der Waals surface area contributed by atoms with Crippen LogP contribution in [-0.4, -0.2) is 44.6 Å². The molecule has 1 atom stereocenters. The highest BCUT2D eigenvalue weighted by Crippen LogP contribution is 2.19. The summed E-state index contributed by atoms with van der Waals surface area (Å²) in [5.74, 6) is -1.27. The molecule has 7 nitrogen and oxygen atoms in total. The number of carbonyl (C=O) groups is 2. The molecule has 0 unspecified atom stereocenters. The number of aliphatic carboxylic acids is 1. The summed E-state index contributed by atoms with van der Waals surface area (Å²) in [5, 5.41) is 12.4. The molecule has 16 heavy (non-hydrogen) atoms. The molecule has 1 amide bonds. The third kappa shape index (κ3) is 1.75. The van der Waals surface area contributed by atoms with Gasteiger partial charge in [-0.15, -0.1) is 0 Å². The van der Waals surface area contributed by atoms with Crippen molar-refractivity contribution < 1.29 is 19.2 Å². The van der Waals surface area contributed by atoms with Crippen molar-refractivity contribution in [2.24, 2.45) is 0 Å². The summed E-state index contributed by atoms with van der Waals surface area (Å²) in [4.78, 5) is 27.8. The Morgan fingerprint density at radius 1 is 1.56 bits per heavy atom. The Morgan fingerprint density at radius 3 is 2.88 bits per heavy atom. The van der Waals surface area contributed by atoms with Crippen molar-refractivity contribution in [2.45, 2.75) is 25.8 Å². The summed E-state index contributed by atoms with van der Waals surface area (Å²) in [5.41, 5.74) is 0. The van der Waals surface area contributed by atoms with Crippen LogP contribution < -0.4 is 0 Å². The molecule has 1 aromatic heterocycles. The molecule has 1 aliphatic heterocycles. The van der Waals surface area contributed by atoms with E-state index in [1.165, 1.54) is 4.90 Å². The summed E-state index contributed by atoms with van der Waals surface area (Å²) in [6.45, 7) is 1.99. The molecule has 1 fully saturated rings. The second-order valence-electron chi connectivity index (χ2n) is 3.63. The Morgan fingerprint density at radius 2 is 2.31 bits per heavy atom. The molecular weight excluding hydrogens is 214 g/mol. The largest absolute Gasteiger partial charge is 0.480 e. The van der Waals surface area contributed by atoms with Gasteiger partial charge in [-0.05, 0) is 12.8 Å². The lowest BCUT2D eigenvalue weighted by Gasteiger charge is -2.19. The summed E-state index contributed by atoms with van der Waals surface area (Å²) in [6.07, 6.45) is 1.15. The maximum absolute atomic E-state index is 11.9. The van der Waals surface area contributed by atoms with Gasteiger partial charge in [-0.2, -0.15) is 4.98 Å². The van der Waals surface area contributed by atoms with E-state index in [1.807, 2.05) is 0 Å². The van der Waals surface area contributed by atoms with Gasteiger partial charge >= 0.3 is 5.97 Å². The molecule has 1 aliphatic rings. The first-order chi connectivity index (χ1) is 7.59. The second-order valence-corrected chi connectivity index (χ2v) is 3.63. The zero-order valence-corrected chi connectivity index (χ0v) is 8.71. The smallest absolute Gasteiger partial charge is 0.326 e. The van der Waals surface area contributed by atoms with Crippen molar-refractivity contribution in [3.8, 4) is 0 Å². The quantitative estimate of drug-likeness (QED) is 0.764. The van der Waals surface area contributed by atoms with Gasteiger partial charge in [0.2, 0.25) is 5.89 Å². The first kappa shape index (κ1) is 10.6. The van der Waals surface area contributed by atoms with E-state index in [2.05, 4.69) is 14.7 Å². The van der Waals surface area contributed by atoms with Crippen LogP contribution in [0.3, 0.4) is 0 Å². The number of carbonyl (C=O) groups excluding carboxylic acids is 1. The fraction of sp³-hybridized carbons (Fsp3) is 0.556. The molecule has 0 bridgehead atoms. The maximum atomic E-state index is 11.9. The number of hydrogen-bond acceptors (Lipinski definition) is 5. The highest BCUT2D eigenvalue weighted by molar-refractivity contribution is 5.93. The summed E-state index contributed by atoms with van der Waals surface area (Å²) >= 11 is 0. The van der Waals surface area contributed by atoms with Crippen molar-refractivity contribution >= 4 is 11.9 Å². The fourth-order valence-electron chi connectivity index (χ4n) is 1.78. The molecule has 86 valence electrons. The van der Waals surface area contributed by atoms with E-state index in [1.54, 1.807) is 6.92 Å². The van der Waals surface area contributed by atoms with Gasteiger partial charge in [0.15, 0.2) is 0 Å². The van der Waals surface area contributed by atoms with Gasteiger partial charge in [-0.25, -0.2) is 4.79 Å². The van der Waals surface area contributed by atoms with Crippen LogP contribution >= 0.6 is 0 Å². The maximum Gasteiger partial charge on any atom is 0.326 e. The first-order valence-electron chi connectivity index (χ1n) is 4.93. The predicted octanol–water partition coefficient (Wildman–Crippen LogP) is 0.0672. The number of amides is 1. The number of rotatable bonds is 2. The van der Waals surface area contributed by atoms with Gasteiger partial charge in [0.25, 0.3) is 11.7 Å². The van der Waals surface area contributed by atoms with Crippen molar-refractivity contribution in [2.75, 3.05) is 6.54 Å². The normalized spacial score (nSPS) is 20.1. The van der Waals surface area contributed by atoms with E-state index in [0.717, 1.165) is 0 Å². The lowest BCUT2D eigenvalue weighted by atomic mass is 10.2. The van der Waals surface area contributed by atoms with E-state index in [0.29, 0.717) is 19.4 Å². The molecule has 2 rings (SSSR count). The second kappa shape index (κ2) is 3.92. The number of carboxylic acid groups (broad SMARTS) is 1. The summed E-state index contributed by atoms with van der Waals surface area (Å²) in [7, 11) is 0. The Labute approximate surface area is 91.0 Å². The SMILES string of the molecule is Cc1nc(C(=O)N2CCC[C@H]2C(=O)O)no1. The van der Waals surface area contributed by atoms with Crippen LogP contribution in [0.4, 0.5) is 0 Å². The van der Waals surface area contributed by atoms with Gasteiger partial charge in [-0.1, -0.05) is 5.16 Å². The van der Waals surface area contributed by atoms with Gasteiger partial charge in [0.05, 0.1) is 0 Å². The van der Waals surface area contributed by atoms with Crippen molar-refractivity contribution in [3.63, 3.8) is 0 Å². The Kier molecular flexibility index (Phi) is 2.59. The average molecular weight is 225 g/mol. The van der Waals surface area contributed by atoms with Crippen LogP contribution in [-0.2, 0) is 4.79 Å². The minimum Gasteiger partial charge on any atom is -0.480 e. The van der Waals surface area contributed by atoms with Crippen LogP contribution in [0, 0.1) is 6.92 Å². The lowest BCUT2D eigenvalue weighted by Crippen LogP contribution is -2.40. The molecule has 0 radical (unpaired) electrons. The number of likely N-dealkylation sites (tertiary alicyclic amines) is 1. The van der Waals surface area contributed by atoms with Crippen molar-refractivity contribution in [1.29, 1.82) is 0 Å². The summed E-state index contributed by atoms with van der Waals surface area (Å²) in [6, 6.07) is -0.772. The molecule has 1 saturated heterocycles. The van der Waals surface area contributed by atoms with Crippen LogP contribution in [0.1, 0.15) is 29.4 Å². The molecular formula is C9H11N3O4. The summed E-state index contributed by atoms with van der Waals surface area (Å²) < 4.78 is 4.68. The Balaban J connectivity index is 2.18. The molecule has 1 aromatic rings. The molecule has 2 heterocycles. The monoisotopic (exact) mass is 225 g/mol. The van der Waals surface area contributed by atoms with E-state index in [-0.39, 0.29) is 11.7 Å². The Hall–Kier alpha value is -1.92. The molecule has 0 saturated carbocycles. The predicted molar refractivity (Wildman–Crippen MR) is 50.7 cm³/mol. The standard InChI is InChI=1S/C9H11N3O4/c1-5-10-7(11-16-5)8(13)12-4-2-3-6(12)9(14)15/h6H,2-4H2,1H3,(H,14,15)/t6-/m0/s1. The van der Waals surface area contributed by atoms with Gasteiger partial charge < -0.3 is 14.5 Å². The number of aryl methyl sites for hydroxylation is 1. The van der Waals surface area contributed by atoms with Crippen LogP contribution in [0.5, 0.6) is 0 Å². The van der Waals surface area contributed by atoms with E-state index >= 15 is 0 Å². The number of nitrogens with zero attached hydrogens (tertiary/aromatic N) is 3. The minimum atomic E-state index is -0.994. The highest BCUT2D eigenvalue weighted by atomic mass is 16.5. The molecule has 1 N–H and O–H groups in total. The third-order valence-electron chi connectivity index (χ3n) is 2.52. The van der Waals surface area contributed by atoms with Crippen molar-refractivity contribution in [1.82, 2.24) is 15.0 Å². The highest BCUT2D eigenvalue weighted by Gasteiger charge is 2.36. The zero-order valence-electron chi connectivity index (χ0n) is 8.71. The third-order valence-corrected chi connectivity index (χ3v) is 2.52. The topological polar surface area (TPSA) is 96.5 Å². The van der Waals surface area contributed by atoms with Gasteiger partial charge in [-0.3, -0.25) is 4.79 Å². The molecule has 0 spiro atoms. The fourth-order valence-corrected chi connectivity index (χ4v) is 1.78. The van der Waals surface area contributed by atoms with Crippen molar-refractivity contribution in [3.05, 3.63) is 11.7 Å².